The molecule has 1 N–H and O–H groups in total. The fourth-order valence-corrected chi connectivity index (χ4v) is 1.58. The number of rotatable bonds is 4. The van der Waals surface area contributed by atoms with Gasteiger partial charge in [0.2, 0.25) is 11.8 Å². The molecule has 0 aromatic heterocycles. The van der Waals surface area contributed by atoms with Crippen molar-refractivity contribution in [3.63, 3.8) is 0 Å². The summed E-state index contributed by atoms with van der Waals surface area (Å²) in [5, 5.41) is 2.84. The van der Waals surface area contributed by atoms with Gasteiger partial charge < -0.3 is 10.2 Å². The van der Waals surface area contributed by atoms with Crippen LogP contribution in [-0.2, 0) is 9.59 Å². The first-order valence-corrected chi connectivity index (χ1v) is 5.15. The number of carbonyl (C=O) groups is 2. The van der Waals surface area contributed by atoms with Gasteiger partial charge in [0.05, 0.1) is 0 Å². The van der Waals surface area contributed by atoms with Crippen molar-refractivity contribution in [2.45, 2.75) is 38.3 Å². The lowest BCUT2D eigenvalue weighted by atomic mass is 10.2. The third-order valence-corrected chi connectivity index (χ3v) is 2.71. The molecule has 1 aliphatic rings. The van der Waals surface area contributed by atoms with E-state index in [9.17, 15) is 9.59 Å². The minimum atomic E-state index is -0.616. The van der Waals surface area contributed by atoms with Crippen LogP contribution in [0.5, 0.6) is 0 Å². The quantitative estimate of drug-likeness (QED) is 0.694. The second-order valence-electron chi connectivity index (χ2n) is 4.26. The molecule has 0 aromatic rings. The van der Waals surface area contributed by atoms with Crippen molar-refractivity contribution in [3.8, 4) is 0 Å². The average molecular weight is 210 g/mol. The molecule has 15 heavy (non-hydrogen) atoms. The van der Waals surface area contributed by atoms with E-state index in [1.165, 1.54) is 11.0 Å². The van der Waals surface area contributed by atoms with E-state index < -0.39 is 5.54 Å². The van der Waals surface area contributed by atoms with Gasteiger partial charge in [0.15, 0.2) is 0 Å². The van der Waals surface area contributed by atoms with Crippen LogP contribution in [0.15, 0.2) is 12.7 Å². The summed E-state index contributed by atoms with van der Waals surface area (Å²) in [6, 6.07) is 0.0993. The van der Waals surface area contributed by atoms with E-state index in [0.717, 1.165) is 12.8 Å². The largest absolute Gasteiger partial charge is 0.352 e. The number of hydrogen-bond acceptors (Lipinski definition) is 2. The Morgan fingerprint density at radius 1 is 1.47 bits per heavy atom. The van der Waals surface area contributed by atoms with Crippen molar-refractivity contribution >= 4 is 11.8 Å². The highest BCUT2D eigenvalue weighted by molar-refractivity contribution is 5.97. The lowest BCUT2D eigenvalue weighted by molar-refractivity contribution is -0.137. The van der Waals surface area contributed by atoms with Crippen molar-refractivity contribution in [1.29, 1.82) is 0 Å². The highest BCUT2D eigenvalue weighted by atomic mass is 16.2. The molecular formula is C11H18N2O2. The van der Waals surface area contributed by atoms with E-state index in [1.807, 2.05) is 13.8 Å². The summed E-state index contributed by atoms with van der Waals surface area (Å²) in [5.74, 6) is -0.262. The molecular weight excluding hydrogens is 192 g/mol. The molecule has 0 aromatic carbocycles. The maximum absolute atomic E-state index is 11.9. The van der Waals surface area contributed by atoms with Crippen molar-refractivity contribution < 1.29 is 9.59 Å². The zero-order chi connectivity index (χ0) is 11.6. The van der Waals surface area contributed by atoms with E-state index in [-0.39, 0.29) is 17.9 Å². The zero-order valence-corrected chi connectivity index (χ0v) is 9.54. The van der Waals surface area contributed by atoms with Gasteiger partial charge in [-0.05, 0) is 32.8 Å². The minimum Gasteiger partial charge on any atom is -0.352 e. The molecule has 1 fully saturated rings. The monoisotopic (exact) mass is 210 g/mol. The predicted octanol–water partition coefficient (Wildman–Crippen LogP) is 0.688. The van der Waals surface area contributed by atoms with Gasteiger partial charge in [0.1, 0.15) is 5.54 Å². The molecule has 0 aliphatic heterocycles. The van der Waals surface area contributed by atoms with Crippen LogP contribution in [0.25, 0.3) is 0 Å². The topological polar surface area (TPSA) is 49.4 Å². The van der Waals surface area contributed by atoms with Crippen molar-refractivity contribution in [2.75, 3.05) is 7.05 Å². The van der Waals surface area contributed by atoms with E-state index in [0.29, 0.717) is 0 Å². The van der Waals surface area contributed by atoms with Gasteiger partial charge in [0, 0.05) is 13.1 Å². The summed E-state index contributed by atoms with van der Waals surface area (Å²) < 4.78 is 0. The third kappa shape index (κ3) is 2.19. The Bertz CT molecular complexity index is 293. The molecule has 0 saturated heterocycles. The molecule has 0 unspecified atom stereocenters. The fraction of sp³-hybridized carbons (Fsp3) is 0.636. The van der Waals surface area contributed by atoms with Crippen LogP contribution in [0.4, 0.5) is 0 Å². The standard InChI is InChI=1S/C11H18N2O2/c1-5-9(14)13(4)11(6-7-11)10(15)12-8(2)3/h5,8H,1,6-7H2,2-4H3,(H,12,15). The maximum Gasteiger partial charge on any atom is 0.246 e. The molecule has 0 radical (unpaired) electrons. The van der Waals surface area contributed by atoms with Crippen LogP contribution < -0.4 is 5.32 Å². The highest BCUT2D eigenvalue weighted by Crippen LogP contribution is 2.41. The van der Waals surface area contributed by atoms with Gasteiger partial charge in [-0.25, -0.2) is 0 Å². The van der Waals surface area contributed by atoms with Gasteiger partial charge in [-0.3, -0.25) is 9.59 Å². The number of nitrogens with zero attached hydrogens (tertiary/aromatic N) is 1. The second-order valence-corrected chi connectivity index (χ2v) is 4.26. The Balaban J connectivity index is 2.71. The molecule has 4 nitrogen and oxygen atoms in total. The summed E-state index contributed by atoms with van der Waals surface area (Å²) in [4.78, 5) is 24.8. The Morgan fingerprint density at radius 2 is 2.00 bits per heavy atom. The summed E-state index contributed by atoms with van der Waals surface area (Å²) in [6.07, 6.45) is 2.71. The van der Waals surface area contributed by atoms with E-state index in [2.05, 4.69) is 11.9 Å². The maximum atomic E-state index is 11.9. The molecule has 84 valence electrons. The first-order chi connectivity index (χ1) is 6.94. The van der Waals surface area contributed by atoms with Gasteiger partial charge in [-0.15, -0.1) is 0 Å². The van der Waals surface area contributed by atoms with Gasteiger partial charge in [-0.2, -0.15) is 0 Å². The van der Waals surface area contributed by atoms with Crippen molar-refractivity contribution in [1.82, 2.24) is 10.2 Å². The Hall–Kier alpha value is -1.32. The smallest absolute Gasteiger partial charge is 0.246 e. The number of nitrogens with one attached hydrogen (secondary N) is 1. The average Bonchev–Trinajstić information content (AvgIpc) is 2.95. The molecule has 1 aliphatic carbocycles. The Kier molecular flexibility index (Phi) is 3.17. The number of amides is 2. The summed E-state index contributed by atoms with van der Waals surface area (Å²) in [7, 11) is 1.65. The lowest BCUT2D eigenvalue weighted by Gasteiger charge is -2.27. The van der Waals surface area contributed by atoms with Crippen LogP contribution in [0.3, 0.4) is 0 Å². The van der Waals surface area contributed by atoms with Gasteiger partial charge in [-0.1, -0.05) is 6.58 Å². The molecule has 0 spiro atoms. The van der Waals surface area contributed by atoms with Crippen LogP contribution in [0.1, 0.15) is 26.7 Å². The second kappa shape index (κ2) is 4.04. The SMILES string of the molecule is C=CC(=O)N(C)C1(C(=O)NC(C)C)CC1. The molecule has 1 rings (SSSR count). The lowest BCUT2D eigenvalue weighted by Crippen LogP contribution is -2.51. The Morgan fingerprint density at radius 3 is 2.33 bits per heavy atom. The number of likely N-dealkylation sites (N-methyl/N-ethyl adjacent to an activating group) is 1. The highest BCUT2D eigenvalue weighted by Gasteiger charge is 2.54. The minimum absolute atomic E-state index is 0.0600. The van der Waals surface area contributed by atoms with E-state index >= 15 is 0 Å². The normalized spacial score (nSPS) is 17.1. The van der Waals surface area contributed by atoms with Gasteiger partial charge in [0.25, 0.3) is 0 Å². The molecule has 1 saturated carbocycles. The van der Waals surface area contributed by atoms with Gasteiger partial charge >= 0.3 is 0 Å². The molecule has 4 heteroatoms. The zero-order valence-electron chi connectivity index (χ0n) is 9.54. The molecule has 0 atom stereocenters. The molecule has 2 amide bonds. The first-order valence-electron chi connectivity index (χ1n) is 5.15. The van der Waals surface area contributed by atoms with Crippen molar-refractivity contribution in [2.24, 2.45) is 0 Å². The van der Waals surface area contributed by atoms with E-state index in [1.54, 1.807) is 7.05 Å². The Labute approximate surface area is 90.3 Å². The number of carbonyl (C=O) groups excluding carboxylic acids is 2. The third-order valence-electron chi connectivity index (χ3n) is 2.71. The van der Waals surface area contributed by atoms with Crippen LogP contribution in [-0.4, -0.2) is 35.3 Å². The predicted molar refractivity (Wildman–Crippen MR) is 58.2 cm³/mol. The fourth-order valence-electron chi connectivity index (χ4n) is 1.58. The van der Waals surface area contributed by atoms with Crippen LogP contribution in [0.2, 0.25) is 0 Å². The first kappa shape index (κ1) is 11.8. The summed E-state index contributed by atoms with van der Waals surface area (Å²) in [6.45, 7) is 7.23. The van der Waals surface area contributed by atoms with Crippen molar-refractivity contribution in [3.05, 3.63) is 12.7 Å². The molecule has 0 heterocycles. The summed E-state index contributed by atoms with van der Waals surface area (Å²) in [5.41, 5.74) is -0.616. The van der Waals surface area contributed by atoms with E-state index in [4.69, 9.17) is 0 Å². The van der Waals surface area contributed by atoms with Crippen LogP contribution >= 0.6 is 0 Å². The van der Waals surface area contributed by atoms with Crippen LogP contribution in [0, 0.1) is 0 Å². The summed E-state index contributed by atoms with van der Waals surface area (Å²) >= 11 is 0. The number of hydrogen-bond donors (Lipinski definition) is 1. The molecule has 0 bridgehead atoms.